The molecule has 0 aliphatic heterocycles. The summed E-state index contributed by atoms with van der Waals surface area (Å²) in [6.45, 7) is -0.596. The van der Waals surface area contributed by atoms with E-state index >= 15 is 0 Å². The lowest BCUT2D eigenvalue weighted by Gasteiger charge is -2.09. The molecule has 92 valence electrons. The molecule has 1 amide bonds. The molecule has 0 radical (unpaired) electrons. The highest BCUT2D eigenvalue weighted by Gasteiger charge is 2.19. The molecule has 0 fully saturated rings. The van der Waals surface area contributed by atoms with Gasteiger partial charge in [-0.3, -0.25) is 14.9 Å². The van der Waals surface area contributed by atoms with E-state index in [0.29, 0.717) is 6.07 Å². The lowest BCUT2D eigenvalue weighted by molar-refractivity contribution is -0.384. The molecule has 8 heteroatoms. The maximum atomic E-state index is 12.8. The number of nitrogens with zero attached hydrogens (tertiary/aromatic N) is 1. The van der Waals surface area contributed by atoms with Gasteiger partial charge in [0.05, 0.1) is 17.6 Å². The maximum absolute atomic E-state index is 12.8. The molecule has 0 heterocycles. The monoisotopic (exact) mass is 243 g/mol. The van der Waals surface area contributed by atoms with Crippen molar-refractivity contribution in [1.82, 2.24) is 0 Å². The summed E-state index contributed by atoms with van der Waals surface area (Å²) in [5.74, 6) is -1.58. The highest BCUT2D eigenvalue weighted by molar-refractivity contribution is 5.96. The van der Waals surface area contributed by atoms with Gasteiger partial charge in [-0.2, -0.15) is 0 Å². The van der Waals surface area contributed by atoms with E-state index in [9.17, 15) is 19.3 Å². The Morgan fingerprint density at radius 3 is 2.82 bits per heavy atom. The van der Waals surface area contributed by atoms with Crippen molar-refractivity contribution in [2.24, 2.45) is 5.73 Å². The summed E-state index contributed by atoms with van der Waals surface area (Å²) < 4.78 is 12.8. The van der Waals surface area contributed by atoms with Crippen LogP contribution in [0.25, 0.3) is 0 Å². The van der Waals surface area contributed by atoms with Crippen LogP contribution in [0.5, 0.6) is 0 Å². The number of nitrogens with two attached hydrogens (primary N) is 1. The molecule has 4 N–H and O–H groups in total. The van der Waals surface area contributed by atoms with Crippen molar-refractivity contribution in [3.8, 4) is 0 Å². The Kier molecular flexibility index (Phi) is 4.07. The third-order valence-electron chi connectivity index (χ3n) is 1.95. The van der Waals surface area contributed by atoms with Crippen LogP contribution in [0, 0.1) is 15.9 Å². The average Bonchev–Trinajstić information content (AvgIpc) is 2.29. The fourth-order valence-electron chi connectivity index (χ4n) is 1.07. The number of hydrogen-bond donors (Lipinski definition) is 3. The molecule has 0 spiro atoms. The van der Waals surface area contributed by atoms with Crippen LogP contribution < -0.4 is 11.1 Å². The van der Waals surface area contributed by atoms with Crippen LogP contribution in [0.2, 0.25) is 0 Å². The molecule has 17 heavy (non-hydrogen) atoms. The molecule has 0 aliphatic rings. The number of nitro groups is 1. The van der Waals surface area contributed by atoms with Gasteiger partial charge in [0.2, 0.25) is 5.91 Å². The number of rotatable bonds is 4. The van der Waals surface area contributed by atoms with Gasteiger partial charge in [0.25, 0.3) is 5.69 Å². The predicted molar refractivity (Wildman–Crippen MR) is 56.7 cm³/mol. The highest BCUT2D eigenvalue weighted by Crippen LogP contribution is 2.24. The summed E-state index contributed by atoms with van der Waals surface area (Å²) in [5, 5.41) is 21.4. The van der Waals surface area contributed by atoms with Crippen LogP contribution in [-0.4, -0.2) is 28.6 Å². The first kappa shape index (κ1) is 13.0. The number of carbonyl (C=O) groups is 1. The quantitative estimate of drug-likeness (QED) is 0.507. The number of amides is 1. The van der Waals surface area contributed by atoms with Crippen molar-refractivity contribution in [2.45, 2.75) is 6.04 Å². The zero-order valence-corrected chi connectivity index (χ0v) is 8.59. The van der Waals surface area contributed by atoms with E-state index in [-0.39, 0.29) is 5.69 Å². The van der Waals surface area contributed by atoms with E-state index < -0.39 is 35.0 Å². The first-order chi connectivity index (χ1) is 7.95. The van der Waals surface area contributed by atoms with E-state index in [2.05, 4.69) is 5.32 Å². The van der Waals surface area contributed by atoms with Gasteiger partial charge >= 0.3 is 0 Å². The maximum Gasteiger partial charge on any atom is 0.295 e. The van der Waals surface area contributed by atoms with Gasteiger partial charge in [-0.1, -0.05) is 0 Å². The summed E-state index contributed by atoms with van der Waals surface area (Å²) in [4.78, 5) is 21.1. The molecule has 0 aliphatic carbocycles. The molecule has 1 unspecified atom stereocenters. The van der Waals surface area contributed by atoms with Crippen molar-refractivity contribution in [3.05, 3.63) is 34.1 Å². The van der Waals surface area contributed by atoms with Crippen LogP contribution in [0.1, 0.15) is 0 Å². The Bertz CT molecular complexity index is 452. The lowest BCUT2D eigenvalue weighted by atomic mass is 10.2. The zero-order chi connectivity index (χ0) is 13.0. The molecule has 1 atom stereocenters. The Hall–Kier alpha value is -2.06. The van der Waals surface area contributed by atoms with Gasteiger partial charge < -0.3 is 16.2 Å². The van der Waals surface area contributed by atoms with Crippen LogP contribution >= 0.6 is 0 Å². The zero-order valence-electron chi connectivity index (χ0n) is 8.59. The summed E-state index contributed by atoms with van der Waals surface area (Å²) >= 11 is 0. The molecule has 0 saturated heterocycles. The number of nitrogens with one attached hydrogen (secondary N) is 1. The topological polar surface area (TPSA) is 118 Å². The number of anilines is 1. The fraction of sp³-hybridized carbons (Fsp3) is 0.222. The minimum Gasteiger partial charge on any atom is -0.394 e. The second-order valence-electron chi connectivity index (χ2n) is 3.20. The molecule has 0 aromatic heterocycles. The molecule has 1 rings (SSSR count). The highest BCUT2D eigenvalue weighted by atomic mass is 19.1. The van der Waals surface area contributed by atoms with Crippen LogP contribution in [0.4, 0.5) is 15.8 Å². The minimum atomic E-state index is -1.19. The van der Waals surface area contributed by atoms with E-state index in [1.165, 1.54) is 0 Å². The number of hydrogen-bond acceptors (Lipinski definition) is 5. The number of benzene rings is 1. The van der Waals surface area contributed by atoms with Gasteiger partial charge in [-0.15, -0.1) is 0 Å². The summed E-state index contributed by atoms with van der Waals surface area (Å²) in [7, 11) is 0. The number of aliphatic hydroxyl groups excluding tert-OH is 1. The van der Waals surface area contributed by atoms with Crippen LogP contribution in [0.15, 0.2) is 18.2 Å². The first-order valence-corrected chi connectivity index (χ1v) is 4.57. The largest absolute Gasteiger partial charge is 0.394 e. The van der Waals surface area contributed by atoms with Gasteiger partial charge in [-0.25, -0.2) is 4.39 Å². The Morgan fingerprint density at radius 2 is 2.29 bits per heavy atom. The number of halogens is 1. The third kappa shape index (κ3) is 3.20. The molecular weight excluding hydrogens is 233 g/mol. The number of carbonyl (C=O) groups excluding carboxylic acids is 1. The van der Waals surface area contributed by atoms with Gasteiger partial charge in [0.15, 0.2) is 0 Å². The Balaban J connectivity index is 2.98. The molecular formula is C9H10FN3O4. The second kappa shape index (κ2) is 5.32. The van der Waals surface area contributed by atoms with Crippen molar-refractivity contribution >= 4 is 17.3 Å². The van der Waals surface area contributed by atoms with Crippen LogP contribution in [-0.2, 0) is 4.79 Å². The van der Waals surface area contributed by atoms with E-state index in [1.807, 2.05) is 0 Å². The summed E-state index contributed by atoms with van der Waals surface area (Å²) in [6, 6.07) is 1.50. The van der Waals surface area contributed by atoms with Gasteiger partial charge in [0.1, 0.15) is 17.5 Å². The standard InChI is InChI=1S/C9H10FN3O4/c10-5-1-2-7(8(3-5)13(16)17)12-9(15)6(11)4-14/h1-3,6,14H,4,11H2,(H,12,15). The van der Waals surface area contributed by atoms with E-state index in [1.54, 1.807) is 0 Å². The van der Waals surface area contributed by atoms with Gasteiger partial charge in [-0.05, 0) is 12.1 Å². The minimum absolute atomic E-state index is 0.176. The van der Waals surface area contributed by atoms with Crippen molar-refractivity contribution in [2.75, 3.05) is 11.9 Å². The molecule has 0 bridgehead atoms. The van der Waals surface area contributed by atoms with E-state index in [0.717, 1.165) is 12.1 Å². The fourth-order valence-corrected chi connectivity index (χ4v) is 1.07. The second-order valence-corrected chi connectivity index (χ2v) is 3.20. The number of nitro benzene ring substituents is 1. The smallest absolute Gasteiger partial charge is 0.295 e. The van der Waals surface area contributed by atoms with Gasteiger partial charge in [0, 0.05) is 0 Å². The van der Waals surface area contributed by atoms with Crippen LogP contribution in [0.3, 0.4) is 0 Å². The van der Waals surface area contributed by atoms with Crippen molar-refractivity contribution in [3.63, 3.8) is 0 Å². The van der Waals surface area contributed by atoms with Crippen molar-refractivity contribution < 1.29 is 19.2 Å². The molecule has 0 saturated carbocycles. The summed E-state index contributed by atoms with van der Waals surface area (Å²) in [5.41, 5.74) is 4.46. The normalized spacial score (nSPS) is 11.9. The SMILES string of the molecule is NC(CO)C(=O)Nc1ccc(F)cc1[N+](=O)[O-]. The average molecular weight is 243 g/mol. The summed E-state index contributed by atoms with van der Waals surface area (Å²) in [6.07, 6.45) is 0. The van der Waals surface area contributed by atoms with Crippen molar-refractivity contribution in [1.29, 1.82) is 0 Å². The Morgan fingerprint density at radius 1 is 1.65 bits per heavy atom. The van der Waals surface area contributed by atoms with E-state index in [4.69, 9.17) is 10.8 Å². The molecule has 7 nitrogen and oxygen atoms in total. The number of aliphatic hydroxyl groups is 1. The lowest BCUT2D eigenvalue weighted by Crippen LogP contribution is -2.38. The third-order valence-corrected chi connectivity index (χ3v) is 1.95. The first-order valence-electron chi connectivity index (χ1n) is 4.57. The Labute approximate surface area is 95.2 Å². The molecule has 1 aromatic carbocycles. The predicted octanol–water partition coefficient (Wildman–Crippen LogP) is -0.00800. The molecule has 1 aromatic rings.